The lowest BCUT2D eigenvalue weighted by atomic mass is 9.79. The van der Waals surface area contributed by atoms with Gasteiger partial charge in [-0.3, -0.25) is 4.99 Å². The molecule has 0 unspecified atom stereocenters. The normalized spacial score (nSPS) is 16.2. The number of halogens is 1. The zero-order chi connectivity index (χ0) is 18.4. The van der Waals surface area contributed by atoms with Gasteiger partial charge in [-0.25, -0.2) is 0 Å². The second kappa shape index (κ2) is 15.9. The molecule has 1 fully saturated rings. The fourth-order valence-electron chi connectivity index (χ4n) is 3.10. The van der Waals surface area contributed by atoms with Crippen LogP contribution in [0.1, 0.15) is 59.3 Å². The van der Waals surface area contributed by atoms with Crippen molar-refractivity contribution in [2.24, 2.45) is 10.4 Å². The van der Waals surface area contributed by atoms with Crippen LogP contribution < -0.4 is 10.6 Å². The molecule has 1 aliphatic rings. The lowest BCUT2D eigenvalue weighted by Gasteiger charge is -2.29. The van der Waals surface area contributed by atoms with E-state index in [9.17, 15) is 5.11 Å². The van der Waals surface area contributed by atoms with Crippen molar-refractivity contribution in [1.82, 2.24) is 10.6 Å². The van der Waals surface area contributed by atoms with Crippen LogP contribution in [-0.2, 0) is 9.47 Å². The molecule has 0 spiro atoms. The first kappa shape index (κ1) is 25.9. The highest BCUT2D eigenvalue weighted by molar-refractivity contribution is 14.0. The molecule has 0 radical (unpaired) electrons. The van der Waals surface area contributed by atoms with Crippen LogP contribution in [0.15, 0.2) is 4.99 Å². The number of hydrogen-bond donors (Lipinski definition) is 3. The summed E-state index contributed by atoms with van der Waals surface area (Å²) in [6, 6.07) is 0. The van der Waals surface area contributed by atoms with Gasteiger partial charge >= 0.3 is 0 Å². The van der Waals surface area contributed by atoms with Crippen molar-refractivity contribution in [3.63, 3.8) is 0 Å². The van der Waals surface area contributed by atoms with E-state index in [1.807, 2.05) is 0 Å². The van der Waals surface area contributed by atoms with Gasteiger partial charge in [0.05, 0.1) is 6.10 Å². The van der Waals surface area contributed by atoms with Gasteiger partial charge in [0.2, 0.25) is 0 Å². The summed E-state index contributed by atoms with van der Waals surface area (Å²) < 4.78 is 11.2. The summed E-state index contributed by atoms with van der Waals surface area (Å²) >= 11 is 0. The van der Waals surface area contributed by atoms with Crippen molar-refractivity contribution in [2.45, 2.75) is 65.4 Å². The Bertz CT molecular complexity index is 360. The first-order chi connectivity index (χ1) is 12.2. The van der Waals surface area contributed by atoms with E-state index in [0.717, 1.165) is 83.9 Å². The molecule has 3 N–H and O–H groups in total. The monoisotopic (exact) mass is 485 g/mol. The van der Waals surface area contributed by atoms with E-state index in [1.54, 1.807) is 0 Å². The zero-order valence-electron chi connectivity index (χ0n) is 16.9. The lowest BCUT2D eigenvalue weighted by Crippen LogP contribution is -2.39. The quantitative estimate of drug-likeness (QED) is 0.172. The van der Waals surface area contributed by atoms with Crippen molar-refractivity contribution in [3.8, 4) is 0 Å². The third-order valence-electron chi connectivity index (χ3n) is 5.19. The minimum atomic E-state index is 0. The summed E-state index contributed by atoms with van der Waals surface area (Å²) in [6.45, 7) is 11.5. The molecule has 0 aromatic heterocycles. The van der Waals surface area contributed by atoms with Gasteiger partial charge in [0.25, 0.3) is 0 Å². The third kappa shape index (κ3) is 10.3. The van der Waals surface area contributed by atoms with Crippen molar-refractivity contribution >= 4 is 29.9 Å². The van der Waals surface area contributed by atoms with E-state index in [4.69, 9.17) is 14.5 Å². The van der Waals surface area contributed by atoms with Gasteiger partial charge in [0.15, 0.2) is 5.96 Å². The average molecular weight is 485 g/mol. The summed E-state index contributed by atoms with van der Waals surface area (Å²) in [6.07, 6.45) is 6.23. The molecule has 1 aliphatic heterocycles. The van der Waals surface area contributed by atoms with Crippen LogP contribution in [0.3, 0.4) is 0 Å². The van der Waals surface area contributed by atoms with Crippen LogP contribution in [0.25, 0.3) is 0 Å². The van der Waals surface area contributed by atoms with Crippen LogP contribution in [0.4, 0.5) is 0 Å². The second-order valence-corrected chi connectivity index (χ2v) is 6.84. The molecule has 26 heavy (non-hydrogen) atoms. The maximum atomic E-state index is 9.34. The minimum Gasteiger partial charge on any atom is -0.396 e. The van der Waals surface area contributed by atoms with Gasteiger partial charge in [-0.1, -0.05) is 13.8 Å². The summed E-state index contributed by atoms with van der Waals surface area (Å²) in [7, 11) is 0. The molecule has 1 rings (SSSR count). The summed E-state index contributed by atoms with van der Waals surface area (Å²) in [5.74, 6) is 0.859. The Kier molecular flexibility index (Phi) is 15.8. The summed E-state index contributed by atoms with van der Waals surface area (Å²) in [5.41, 5.74) is 0.100. The molecule has 0 saturated carbocycles. The minimum absolute atomic E-state index is 0. The predicted molar refractivity (Wildman–Crippen MR) is 119 cm³/mol. The van der Waals surface area contributed by atoms with Crippen molar-refractivity contribution in [2.75, 3.05) is 46.1 Å². The van der Waals surface area contributed by atoms with E-state index >= 15 is 0 Å². The molecular formula is C19H40IN3O3. The number of guanidine groups is 1. The number of aliphatic imine (C=N–C) groups is 1. The highest BCUT2D eigenvalue weighted by atomic mass is 127. The maximum Gasteiger partial charge on any atom is 0.191 e. The van der Waals surface area contributed by atoms with Gasteiger partial charge in [0.1, 0.15) is 0 Å². The van der Waals surface area contributed by atoms with Gasteiger partial charge in [-0.05, 0) is 50.9 Å². The topological polar surface area (TPSA) is 75.1 Å². The van der Waals surface area contributed by atoms with E-state index in [-0.39, 0.29) is 36.0 Å². The number of ether oxygens (including phenoxy) is 2. The molecule has 6 nitrogen and oxygen atoms in total. The highest BCUT2D eigenvalue weighted by Crippen LogP contribution is 2.30. The van der Waals surface area contributed by atoms with Gasteiger partial charge in [-0.15, -0.1) is 24.0 Å². The molecule has 0 aromatic carbocycles. The van der Waals surface area contributed by atoms with Crippen LogP contribution >= 0.6 is 24.0 Å². The molecule has 0 aliphatic carbocycles. The molecule has 156 valence electrons. The second-order valence-electron chi connectivity index (χ2n) is 6.84. The summed E-state index contributed by atoms with van der Waals surface area (Å²) in [4.78, 5) is 4.76. The van der Waals surface area contributed by atoms with Gasteiger partial charge in [0, 0.05) is 46.1 Å². The number of nitrogens with zero attached hydrogens (tertiary/aromatic N) is 1. The Hall–Kier alpha value is -0.120. The maximum absolute atomic E-state index is 9.34. The number of hydrogen-bond acceptors (Lipinski definition) is 4. The predicted octanol–water partition coefficient (Wildman–Crippen LogP) is 2.93. The van der Waals surface area contributed by atoms with E-state index in [0.29, 0.717) is 6.10 Å². The average Bonchev–Trinajstić information content (AvgIpc) is 2.65. The molecule has 0 bridgehead atoms. The third-order valence-corrected chi connectivity index (χ3v) is 5.19. The Morgan fingerprint density at radius 3 is 2.46 bits per heavy atom. The van der Waals surface area contributed by atoms with E-state index < -0.39 is 0 Å². The van der Waals surface area contributed by atoms with Crippen molar-refractivity contribution in [3.05, 3.63) is 0 Å². The largest absolute Gasteiger partial charge is 0.396 e. The number of aliphatic hydroxyl groups excluding tert-OH is 1. The Morgan fingerprint density at radius 2 is 1.88 bits per heavy atom. The van der Waals surface area contributed by atoms with E-state index in [2.05, 4.69) is 31.4 Å². The lowest BCUT2D eigenvalue weighted by molar-refractivity contribution is -0.0320. The molecule has 7 heteroatoms. The molecule has 0 atom stereocenters. The Labute approximate surface area is 176 Å². The Morgan fingerprint density at radius 1 is 1.19 bits per heavy atom. The first-order valence-electron chi connectivity index (χ1n) is 10.0. The molecule has 0 amide bonds. The fourth-order valence-corrected chi connectivity index (χ4v) is 3.10. The number of rotatable bonds is 12. The SMILES string of the molecule is CCNC(=NCC(CC)(CC)CCO)NCCCOC1CCOCC1.I. The smallest absolute Gasteiger partial charge is 0.191 e. The van der Waals surface area contributed by atoms with Crippen LogP contribution in [0.5, 0.6) is 0 Å². The zero-order valence-corrected chi connectivity index (χ0v) is 19.2. The number of nitrogens with one attached hydrogen (secondary N) is 2. The summed E-state index contributed by atoms with van der Waals surface area (Å²) in [5, 5.41) is 16.0. The van der Waals surface area contributed by atoms with E-state index in [1.165, 1.54) is 0 Å². The molecule has 1 saturated heterocycles. The molecular weight excluding hydrogens is 445 g/mol. The van der Waals surface area contributed by atoms with Crippen LogP contribution in [-0.4, -0.2) is 63.2 Å². The van der Waals surface area contributed by atoms with Gasteiger partial charge in [-0.2, -0.15) is 0 Å². The van der Waals surface area contributed by atoms with Crippen molar-refractivity contribution < 1.29 is 14.6 Å². The Balaban J connectivity index is 0.00000625. The first-order valence-corrected chi connectivity index (χ1v) is 10.0. The fraction of sp³-hybridized carbons (Fsp3) is 0.947. The van der Waals surface area contributed by atoms with Gasteiger partial charge < -0.3 is 25.2 Å². The number of aliphatic hydroxyl groups is 1. The molecule has 1 heterocycles. The highest BCUT2D eigenvalue weighted by Gasteiger charge is 2.25. The van der Waals surface area contributed by atoms with Crippen LogP contribution in [0, 0.1) is 5.41 Å². The van der Waals surface area contributed by atoms with Crippen LogP contribution in [0.2, 0.25) is 0 Å². The standard InChI is InChI=1S/C19H39N3O3.HI/c1-4-19(5-2,10-12-23)16-22-18(20-6-3)21-11-7-13-25-17-8-14-24-15-9-17;/h17,23H,4-16H2,1-3H3,(H2,20,21,22);1H. The van der Waals surface area contributed by atoms with Crippen molar-refractivity contribution in [1.29, 1.82) is 0 Å². The molecule has 0 aromatic rings.